The van der Waals surface area contributed by atoms with Crippen molar-refractivity contribution in [3.05, 3.63) is 84.7 Å². The Morgan fingerprint density at radius 1 is 1.00 bits per heavy atom. The maximum Gasteiger partial charge on any atom is 0.255 e. The maximum atomic E-state index is 12.5. The third-order valence-electron chi connectivity index (χ3n) is 4.94. The van der Waals surface area contributed by atoms with E-state index >= 15 is 0 Å². The van der Waals surface area contributed by atoms with Crippen LogP contribution in [0.3, 0.4) is 0 Å². The van der Waals surface area contributed by atoms with Crippen LogP contribution in [0.25, 0.3) is 16.9 Å². The molecule has 5 nitrogen and oxygen atoms in total. The number of anilines is 1. The second-order valence-corrected chi connectivity index (χ2v) is 7.20. The molecular weight excluding hydrogens is 374 g/mol. The molecule has 2 aromatic heterocycles. The van der Waals surface area contributed by atoms with Gasteiger partial charge in [0.05, 0.1) is 12.3 Å². The molecule has 30 heavy (non-hydrogen) atoms. The van der Waals surface area contributed by atoms with Crippen LogP contribution in [0.1, 0.15) is 36.5 Å². The molecule has 0 saturated carbocycles. The normalized spacial score (nSPS) is 10.8. The van der Waals surface area contributed by atoms with Crippen LogP contribution >= 0.6 is 0 Å². The number of nitrogens with one attached hydrogen (secondary N) is 1. The number of carbonyl (C=O) groups excluding carboxylic acids is 1. The number of amides is 1. The first-order chi connectivity index (χ1) is 14.7. The number of hydrogen-bond donors (Lipinski definition) is 1. The Bertz CT molecular complexity index is 1080. The van der Waals surface area contributed by atoms with Gasteiger partial charge in [0.15, 0.2) is 0 Å². The lowest BCUT2D eigenvalue weighted by molar-refractivity contribution is 0.102. The van der Waals surface area contributed by atoms with Crippen LogP contribution in [-0.4, -0.2) is 21.9 Å². The van der Waals surface area contributed by atoms with E-state index in [1.165, 1.54) is 6.42 Å². The number of rotatable bonds is 8. The van der Waals surface area contributed by atoms with Gasteiger partial charge in [0.1, 0.15) is 11.4 Å². The monoisotopic (exact) mass is 399 g/mol. The summed E-state index contributed by atoms with van der Waals surface area (Å²) in [5, 5.41) is 2.94. The summed E-state index contributed by atoms with van der Waals surface area (Å²) < 4.78 is 7.69. The predicted molar refractivity (Wildman–Crippen MR) is 120 cm³/mol. The van der Waals surface area contributed by atoms with Crippen molar-refractivity contribution in [3.63, 3.8) is 0 Å². The average molecular weight is 399 g/mol. The third-order valence-corrected chi connectivity index (χ3v) is 4.94. The smallest absolute Gasteiger partial charge is 0.255 e. The Kier molecular flexibility index (Phi) is 6.09. The van der Waals surface area contributed by atoms with Gasteiger partial charge in [-0.1, -0.05) is 38.0 Å². The van der Waals surface area contributed by atoms with Crippen molar-refractivity contribution in [2.75, 3.05) is 11.9 Å². The number of fused-ring (bicyclic) bond motifs is 1. The van der Waals surface area contributed by atoms with Crippen molar-refractivity contribution in [3.8, 4) is 17.0 Å². The zero-order valence-electron chi connectivity index (χ0n) is 17.0. The van der Waals surface area contributed by atoms with Gasteiger partial charge in [-0.25, -0.2) is 4.98 Å². The molecule has 2 heterocycles. The highest BCUT2D eigenvalue weighted by Gasteiger charge is 2.08. The minimum atomic E-state index is -0.145. The van der Waals surface area contributed by atoms with Crippen molar-refractivity contribution in [2.45, 2.75) is 26.2 Å². The molecule has 1 N–H and O–H groups in total. The maximum absolute atomic E-state index is 12.5. The highest BCUT2D eigenvalue weighted by Crippen LogP contribution is 2.22. The Hall–Kier alpha value is -3.60. The van der Waals surface area contributed by atoms with Crippen LogP contribution in [0.5, 0.6) is 5.75 Å². The van der Waals surface area contributed by atoms with E-state index in [0.29, 0.717) is 12.2 Å². The standard InChI is InChI=1S/C25H25N3O2/c1-2-3-6-17-30-22-14-10-20(11-15-22)25(29)26-21-12-8-19(9-13-21)23-18-28-16-5-4-7-24(28)27-23/h4-5,7-16,18H,2-3,6,17H2,1H3,(H,26,29). The fourth-order valence-corrected chi connectivity index (χ4v) is 3.25. The number of carbonyl (C=O) groups is 1. The molecule has 0 atom stereocenters. The third kappa shape index (κ3) is 4.69. The molecule has 4 aromatic rings. The summed E-state index contributed by atoms with van der Waals surface area (Å²) in [6, 6.07) is 20.9. The van der Waals surface area contributed by atoms with Gasteiger partial charge in [-0.05, 0) is 55.0 Å². The summed E-state index contributed by atoms with van der Waals surface area (Å²) in [7, 11) is 0. The van der Waals surface area contributed by atoms with E-state index in [4.69, 9.17) is 4.74 Å². The molecule has 0 saturated heterocycles. The molecule has 0 aliphatic heterocycles. The Balaban J connectivity index is 1.37. The van der Waals surface area contributed by atoms with Crippen LogP contribution in [0.15, 0.2) is 79.1 Å². The molecule has 152 valence electrons. The Morgan fingerprint density at radius 3 is 2.53 bits per heavy atom. The van der Waals surface area contributed by atoms with E-state index in [9.17, 15) is 4.79 Å². The number of imidazole rings is 1. The van der Waals surface area contributed by atoms with Crippen LogP contribution in [0, 0.1) is 0 Å². The fraction of sp³-hybridized carbons (Fsp3) is 0.200. The molecule has 0 bridgehead atoms. The van der Waals surface area contributed by atoms with E-state index < -0.39 is 0 Å². The minimum Gasteiger partial charge on any atom is -0.494 e. The zero-order valence-corrected chi connectivity index (χ0v) is 17.0. The molecule has 1 amide bonds. The van der Waals surface area contributed by atoms with E-state index in [0.717, 1.165) is 41.2 Å². The van der Waals surface area contributed by atoms with Gasteiger partial charge >= 0.3 is 0 Å². The summed E-state index contributed by atoms with van der Waals surface area (Å²) in [5.41, 5.74) is 4.14. The topological polar surface area (TPSA) is 55.6 Å². The number of aromatic nitrogens is 2. The molecule has 5 heteroatoms. The molecule has 4 rings (SSSR count). The number of unbranched alkanes of at least 4 members (excludes halogenated alkanes) is 2. The van der Waals surface area contributed by atoms with Crippen molar-refractivity contribution < 1.29 is 9.53 Å². The van der Waals surface area contributed by atoms with Crippen LogP contribution in [-0.2, 0) is 0 Å². The summed E-state index contributed by atoms with van der Waals surface area (Å²) in [5.74, 6) is 0.646. The quantitative estimate of drug-likeness (QED) is 0.380. The predicted octanol–water partition coefficient (Wildman–Crippen LogP) is 5.82. The van der Waals surface area contributed by atoms with Gasteiger partial charge in [-0.3, -0.25) is 4.79 Å². The molecule has 0 radical (unpaired) electrons. The second kappa shape index (κ2) is 9.27. The SMILES string of the molecule is CCCCCOc1ccc(C(=O)Nc2ccc(-c3cn4ccccc4n3)cc2)cc1. The van der Waals surface area contributed by atoms with Crippen LogP contribution in [0.2, 0.25) is 0 Å². The molecule has 0 fully saturated rings. The summed E-state index contributed by atoms with van der Waals surface area (Å²) in [6.07, 6.45) is 7.35. The number of nitrogens with zero attached hydrogens (tertiary/aromatic N) is 2. The summed E-state index contributed by atoms with van der Waals surface area (Å²) in [6.45, 7) is 2.87. The van der Waals surface area contributed by atoms with E-state index in [-0.39, 0.29) is 5.91 Å². The van der Waals surface area contributed by atoms with Crippen LogP contribution < -0.4 is 10.1 Å². The van der Waals surface area contributed by atoms with E-state index in [1.807, 2.05) is 71.4 Å². The van der Waals surface area contributed by atoms with Gasteiger partial charge in [0, 0.05) is 29.2 Å². The van der Waals surface area contributed by atoms with Gasteiger partial charge < -0.3 is 14.5 Å². The van der Waals surface area contributed by atoms with Gasteiger partial charge in [0.2, 0.25) is 0 Å². The van der Waals surface area contributed by atoms with Crippen molar-refractivity contribution in [2.24, 2.45) is 0 Å². The molecule has 0 aliphatic rings. The van der Waals surface area contributed by atoms with Gasteiger partial charge in [0.25, 0.3) is 5.91 Å². The first-order valence-corrected chi connectivity index (χ1v) is 10.3. The molecule has 0 spiro atoms. The second-order valence-electron chi connectivity index (χ2n) is 7.20. The minimum absolute atomic E-state index is 0.145. The van der Waals surface area contributed by atoms with E-state index in [1.54, 1.807) is 12.1 Å². The molecular formula is C25H25N3O2. The molecule has 2 aromatic carbocycles. The van der Waals surface area contributed by atoms with Crippen molar-refractivity contribution in [1.82, 2.24) is 9.38 Å². The first kappa shape index (κ1) is 19.7. The highest BCUT2D eigenvalue weighted by atomic mass is 16.5. The summed E-state index contributed by atoms with van der Waals surface area (Å²) >= 11 is 0. The van der Waals surface area contributed by atoms with Crippen molar-refractivity contribution >= 4 is 17.2 Å². The largest absolute Gasteiger partial charge is 0.494 e. The average Bonchev–Trinajstić information content (AvgIpc) is 3.22. The lowest BCUT2D eigenvalue weighted by atomic mass is 10.1. The number of pyridine rings is 1. The van der Waals surface area contributed by atoms with E-state index in [2.05, 4.69) is 17.2 Å². The highest BCUT2D eigenvalue weighted by molar-refractivity contribution is 6.04. The lowest BCUT2D eigenvalue weighted by Crippen LogP contribution is -2.11. The van der Waals surface area contributed by atoms with Crippen LogP contribution in [0.4, 0.5) is 5.69 Å². The Labute approximate surface area is 176 Å². The number of benzene rings is 2. The number of hydrogen-bond acceptors (Lipinski definition) is 3. The lowest BCUT2D eigenvalue weighted by Gasteiger charge is -2.08. The fourth-order valence-electron chi connectivity index (χ4n) is 3.25. The molecule has 0 aliphatic carbocycles. The van der Waals surface area contributed by atoms with Gasteiger partial charge in [-0.15, -0.1) is 0 Å². The van der Waals surface area contributed by atoms with Crippen molar-refractivity contribution in [1.29, 1.82) is 0 Å². The van der Waals surface area contributed by atoms with Gasteiger partial charge in [-0.2, -0.15) is 0 Å². The zero-order chi connectivity index (χ0) is 20.8. The Morgan fingerprint density at radius 2 is 1.80 bits per heavy atom. The number of ether oxygens (including phenoxy) is 1. The molecule has 0 unspecified atom stereocenters. The first-order valence-electron chi connectivity index (χ1n) is 10.3. The summed E-state index contributed by atoms with van der Waals surface area (Å²) in [4.78, 5) is 17.2.